The Kier molecular flexibility index (Phi) is 2.24. The van der Waals surface area contributed by atoms with E-state index in [1.165, 1.54) is 0 Å². The van der Waals surface area contributed by atoms with Gasteiger partial charge in [0, 0.05) is 30.9 Å². The van der Waals surface area contributed by atoms with Gasteiger partial charge in [0.15, 0.2) is 0 Å². The summed E-state index contributed by atoms with van der Waals surface area (Å²) in [5, 5.41) is 3.14. The van der Waals surface area contributed by atoms with Crippen molar-refractivity contribution in [3.05, 3.63) is 28.2 Å². The third-order valence-electron chi connectivity index (χ3n) is 3.19. The molecule has 4 nitrogen and oxygen atoms in total. The van der Waals surface area contributed by atoms with Crippen molar-refractivity contribution in [1.82, 2.24) is 9.88 Å². The van der Waals surface area contributed by atoms with Crippen molar-refractivity contribution in [2.45, 2.75) is 31.9 Å². The molecule has 1 N–H and O–H groups in total. The number of hydrogen-bond donors (Lipinski definition) is 1. The van der Waals surface area contributed by atoms with Crippen LogP contribution < -0.4 is 15.6 Å². The van der Waals surface area contributed by atoms with Gasteiger partial charge in [0.1, 0.15) is 11.9 Å². The zero-order valence-corrected chi connectivity index (χ0v) is 9.40. The number of pyridine rings is 1. The quantitative estimate of drug-likeness (QED) is 0.821. The minimum atomic E-state index is 0.0739. The van der Waals surface area contributed by atoms with Crippen molar-refractivity contribution in [3.63, 3.8) is 0 Å². The summed E-state index contributed by atoms with van der Waals surface area (Å²) >= 11 is 0. The summed E-state index contributed by atoms with van der Waals surface area (Å²) in [5.41, 5.74) is 1.09. The molecule has 2 heterocycles. The largest absolute Gasteiger partial charge is 0.488 e. The van der Waals surface area contributed by atoms with Crippen LogP contribution in [0.1, 0.15) is 24.6 Å². The van der Waals surface area contributed by atoms with Crippen LogP contribution in [0.25, 0.3) is 0 Å². The molecule has 1 aliphatic heterocycles. The Morgan fingerprint density at radius 1 is 1.38 bits per heavy atom. The Bertz CT molecular complexity index is 459. The summed E-state index contributed by atoms with van der Waals surface area (Å²) in [6.45, 7) is 3.74. The Morgan fingerprint density at radius 3 is 2.62 bits per heavy atom. The maximum Gasteiger partial charge on any atom is 0.254 e. The summed E-state index contributed by atoms with van der Waals surface area (Å²) in [7, 11) is 0. The van der Waals surface area contributed by atoms with E-state index < -0.39 is 0 Å². The molecule has 1 aromatic rings. The molecular formula is C12H16N2O2. The zero-order chi connectivity index (χ0) is 11.1. The summed E-state index contributed by atoms with van der Waals surface area (Å²) < 4.78 is 7.57. The molecule has 3 rings (SSSR count). The standard InChI is InChI=1S/C12H16N2O2/c1-8-4-10(16-11-6-13-7-11)5-12(15)14(8)9-2-3-9/h4-5,9,11,13H,2-3,6-7H2,1H3. The Balaban J connectivity index is 1.87. The van der Waals surface area contributed by atoms with Crippen LogP contribution in [0.2, 0.25) is 0 Å². The van der Waals surface area contributed by atoms with E-state index in [1.54, 1.807) is 6.07 Å². The fraction of sp³-hybridized carbons (Fsp3) is 0.583. The van der Waals surface area contributed by atoms with Crippen LogP contribution in [0.4, 0.5) is 0 Å². The van der Waals surface area contributed by atoms with Crippen molar-refractivity contribution in [1.29, 1.82) is 0 Å². The number of hydrogen-bond acceptors (Lipinski definition) is 3. The maximum absolute atomic E-state index is 11.9. The highest BCUT2D eigenvalue weighted by Gasteiger charge is 2.26. The fourth-order valence-corrected chi connectivity index (χ4v) is 2.09. The molecule has 1 aliphatic carbocycles. The van der Waals surface area contributed by atoms with Gasteiger partial charge < -0.3 is 14.6 Å². The summed E-state index contributed by atoms with van der Waals surface area (Å²) in [6.07, 6.45) is 2.50. The van der Waals surface area contributed by atoms with Gasteiger partial charge in [0.05, 0.1) is 0 Å². The number of nitrogens with zero attached hydrogens (tertiary/aromatic N) is 1. The number of aromatic nitrogens is 1. The number of aryl methyl sites for hydroxylation is 1. The first-order chi connectivity index (χ1) is 7.74. The molecule has 16 heavy (non-hydrogen) atoms. The second kappa shape index (κ2) is 3.63. The van der Waals surface area contributed by atoms with E-state index in [2.05, 4.69) is 5.32 Å². The number of nitrogens with one attached hydrogen (secondary N) is 1. The molecule has 2 aliphatic rings. The van der Waals surface area contributed by atoms with Crippen LogP contribution in [-0.2, 0) is 0 Å². The lowest BCUT2D eigenvalue weighted by Gasteiger charge is -2.28. The van der Waals surface area contributed by atoms with Gasteiger partial charge in [-0.2, -0.15) is 0 Å². The maximum atomic E-state index is 11.9. The topological polar surface area (TPSA) is 43.3 Å². The van der Waals surface area contributed by atoms with Crippen molar-refractivity contribution in [2.24, 2.45) is 0 Å². The average molecular weight is 220 g/mol. The first-order valence-corrected chi connectivity index (χ1v) is 5.84. The van der Waals surface area contributed by atoms with E-state index in [9.17, 15) is 4.79 Å². The molecule has 0 amide bonds. The fourth-order valence-electron chi connectivity index (χ4n) is 2.09. The average Bonchev–Trinajstić information content (AvgIpc) is 2.94. The number of ether oxygens (including phenoxy) is 1. The van der Waals surface area contributed by atoms with Gasteiger partial charge in [-0.25, -0.2) is 0 Å². The second-order valence-corrected chi connectivity index (χ2v) is 4.67. The molecule has 0 radical (unpaired) electrons. The van der Waals surface area contributed by atoms with Crippen LogP contribution >= 0.6 is 0 Å². The summed E-state index contributed by atoms with van der Waals surface area (Å²) in [5.74, 6) is 0.714. The van der Waals surface area contributed by atoms with E-state index >= 15 is 0 Å². The monoisotopic (exact) mass is 220 g/mol. The zero-order valence-electron chi connectivity index (χ0n) is 9.40. The second-order valence-electron chi connectivity index (χ2n) is 4.67. The molecule has 0 atom stereocenters. The molecule has 0 aromatic carbocycles. The van der Waals surface area contributed by atoms with E-state index in [1.807, 2.05) is 17.6 Å². The van der Waals surface area contributed by atoms with Crippen molar-refractivity contribution >= 4 is 0 Å². The first-order valence-electron chi connectivity index (χ1n) is 5.84. The highest BCUT2D eigenvalue weighted by molar-refractivity contribution is 5.25. The lowest BCUT2D eigenvalue weighted by Crippen LogP contribution is -2.50. The molecular weight excluding hydrogens is 204 g/mol. The van der Waals surface area contributed by atoms with Gasteiger partial charge in [-0.3, -0.25) is 4.79 Å². The normalized spacial score (nSPS) is 20.6. The van der Waals surface area contributed by atoms with Crippen LogP contribution in [0.3, 0.4) is 0 Å². The predicted molar refractivity (Wildman–Crippen MR) is 61.0 cm³/mol. The minimum Gasteiger partial charge on any atom is -0.488 e. The summed E-state index contributed by atoms with van der Waals surface area (Å²) in [4.78, 5) is 11.9. The Labute approximate surface area is 94.2 Å². The van der Waals surface area contributed by atoms with E-state index in [0.717, 1.165) is 31.6 Å². The van der Waals surface area contributed by atoms with Crippen molar-refractivity contribution in [2.75, 3.05) is 13.1 Å². The molecule has 2 fully saturated rings. The minimum absolute atomic E-state index is 0.0739. The third kappa shape index (κ3) is 1.73. The van der Waals surface area contributed by atoms with Gasteiger partial charge in [0.2, 0.25) is 0 Å². The molecule has 0 bridgehead atoms. The molecule has 1 saturated heterocycles. The molecule has 4 heteroatoms. The lowest BCUT2D eigenvalue weighted by atomic mass is 10.2. The Morgan fingerprint density at radius 2 is 2.12 bits per heavy atom. The number of rotatable bonds is 3. The van der Waals surface area contributed by atoms with Crippen LogP contribution in [0.15, 0.2) is 16.9 Å². The molecule has 1 saturated carbocycles. The van der Waals surface area contributed by atoms with Crippen molar-refractivity contribution in [3.8, 4) is 5.75 Å². The predicted octanol–water partition coefficient (Wildman–Crippen LogP) is 0.842. The van der Waals surface area contributed by atoms with Gasteiger partial charge >= 0.3 is 0 Å². The van der Waals surface area contributed by atoms with E-state index in [-0.39, 0.29) is 11.7 Å². The smallest absolute Gasteiger partial charge is 0.254 e. The molecule has 0 unspecified atom stereocenters. The highest BCUT2D eigenvalue weighted by atomic mass is 16.5. The molecule has 0 spiro atoms. The van der Waals surface area contributed by atoms with Crippen LogP contribution in [0, 0.1) is 6.92 Å². The lowest BCUT2D eigenvalue weighted by molar-refractivity contribution is 0.141. The molecule has 1 aromatic heterocycles. The van der Waals surface area contributed by atoms with Gasteiger partial charge in [-0.05, 0) is 25.8 Å². The van der Waals surface area contributed by atoms with E-state index in [0.29, 0.717) is 11.8 Å². The van der Waals surface area contributed by atoms with Crippen LogP contribution in [0.5, 0.6) is 5.75 Å². The van der Waals surface area contributed by atoms with Gasteiger partial charge in [-0.1, -0.05) is 0 Å². The van der Waals surface area contributed by atoms with Crippen LogP contribution in [-0.4, -0.2) is 23.8 Å². The van der Waals surface area contributed by atoms with Gasteiger partial charge in [-0.15, -0.1) is 0 Å². The Hall–Kier alpha value is -1.29. The SMILES string of the molecule is Cc1cc(OC2CNC2)cc(=O)n1C1CC1. The van der Waals surface area contributed by atoms with E-state index in [4.69, 9.17) is 4.74 Å². The third-order valence-corrected chi connectivity index (χ3v) is 3.19. The highest BCUT2D eigenvalue weighted by Crippen LogP contribution is 2.34. The molecule has 86 valence electrons. The van der Waals surface area contributed by atoms with Gasteiger partial charge in [0.25, 0.3) is 5.56 Å². The summed E-state index contributed by atoms with van der Waals surface area (Å²) in [6, 6.07) is 4.02. The first kappa shape index (κ1) is 9.90. The van der Waals surface area contributed by atoms with Crippen molar-refractivity contribution < 1.29 is 4.74 Å².